The highest BCUT2D eigenvalue weighted by molar-refractivity contribution is 6.30. The average Bonchev–Trinajstić information content (AvgIpc) is 3.29. The molecule has 3 saturated heterocycles. The minimum absolute atomic E-state index is 0.0235. The Morgan fingerprint density at radius 3 is 1.60 bits per heavy atom. The second-order valence-corrected chi connectivity index (χ2v) is 16.9. The summed E-state index contributed by atoms with van der Waals surface area (Å²) in [4.78, 5) is 57.2. The van der Waals surface area contributed by atoms with Crippen LogP contribution in [0, 0.1) is 19.7 Å². The fourth-order valence-corrected chi connectivity index (χ4v) is 9.82. The van der Waals surface area contributed by atoms with E-state index in [2.05, 4.69) is 43.4 Å². The minimum atomic E-state index is -0.568. The molecule has 1 aliphatic carbocycles. The maximum absolute atomic E-state index is 13.8. The van der Waals surface area contributed by atoms with E-state index in [0.29, 0.717) is 48.2 Å². The maximum atomic E-state index is 13.8. The molecular formula is C46H63ClFN7O5. The molecule has 3 aliphatic heterocycles. The summed E-state index contributed by atoms with van der Waals surface area (Å²) in [5.74, 6) is -1.51. The van der Waals surface area contributed by atoms with Crippen LogP contribution in [0.15, 0.2) is 42.5 Å². The number of rotatable bonds is 9. The summed E-state index contributed by atoms with van der Waals surface area (Å²) in [5, 5.41) is 0.0235. The van der Waals surface area contributed by atoms with Crippen molar-refractivity contribution in [1.29, 1.82) is 0 Å². The maximum Gasteiger partial charge on any atom is 0.356 e. The van der Waals surface area contributed by atoms with Crippen LogP contribution in [0.4, 0.5) is 15.8 Å². The minimum Gasteiger partial charge on any atom is -0.464 e. The summed E-state index contributed by atoms with van der Waals surface area (Å²) in [7, 11) is 2.75. The summed E-state index contributed by atoms with van der Waals surface area (Å²) in [6.45, 7) is 15.6. The van der Waals surface area contributed by atoms with Gasteiger partial charge in [-0.3, -0.25) is 14.6 Å². The number of ether oxygens (including phenoxy) is 2. The van der Waals surface area contributed by atoms with Gasteiger partial charge in [-0.15, -0.1) is 0 Å². The number of nitrogens with zero attached hydrogens (tertiary/aromatic N) is 7. The second-order valence-electron chi connectivity index (χ2n) is 16.5. The predicted octanol–water partition coefficient (Wildman–Crippen LogP) is 7.58. The monoisotopic (exact) mass is 847 g/mol. The summed E-state index contributed by atoms with van der Waals surface area (Å²) in [6.07, 6.45) is 10.9. The first kappa shape index (κ1) is 45.2. The smallest absolute Gasteiger partial charge is 0.356 e. The molecule has 326 valence electrons. The van der Waals surface area contributed by atoms with Gasteiger partial charge >= 0.3 is 11.9 Å². The van der Waals surface area contributed by atoms with Crippen molar-refractivity contribution in [3.8, 4) is 0 Å². The van der Waals surface area contributed by atoms with Crippen molar-refractivity contribution in [2.75, 3.05) is 76.4 Å². The number of aryl methyl sites for hydroxylation is 2. The molecular weight excluding hydrogens is 785 g/mol. The number of carbonyl (C=O) groups is 3. The van der Waals surface area contributed by atoms with Gasteiger partial charge in [-0.1, -0.05) is 44.7 Å². The summed E-state index contributed by atoms with van der Waals surface area (Å²) in [5.41, 5.74) is 4.97. The van der Waals surface area contributed by atoms with Crippen LogP contribution >= 0.6 is 11.6 Å². The normalized spacial score (nSPS) is 21.0. The zero-order valence-electron chi connectivity index (χ0n) is 36.3. The highest BCUT2D eigenvalue weighted by atomic mass is 35.5. The van der Waals surface area contributed by atoms with E-state index in [1.54, 1.807) is 18.2 Å². The number of hydrogen-bond donors (Lipinski definition) is 0. The molecule has 0 bridgehead atoms. The molecule has 1 saturated carbocycles. The predicted molar refractivity (Wildman–Crippen MR) is 234 cm³/mol. The number of benzene rings is 1. The zero-order chi connectivity index (χ0) is 42.9. The Morgan fingerprint density at radius 2 is 1.17 bits per heavy atom. The molecule has 14 heteroatoms. The van der Waals surface area contributed by atoms with E-state index in [4.69, 9.17) is 21.1 Å². The molecule has 0 unspecified atom stereocenters. The van der Waals surface area contributed by atoms with Crippen LogP contribution in [0.3, 0.4) is 0 Å². The van der Waals surface area contributed by atoms with Crippen molar-refractivity contribution in [2.24, 2.45) is 0 Å². The lowest BCUT2D eigenvalue weighted by molar-refractivity contribution is 0.0490. The molecule has 0 spiro atoms. The quantitative estimate of drug-likeness (QED) is 0.199. The average molecular weight is 849 g/mol. The molecule has 4 fully saturated rings. The number of hydrogen-bond acceptors (Lipinski definition) is 11. The Kier molecular flexibility index (Phi) is 15.8. The van der Waals surface area contributed by atoms with Gasteiger partial charge in [0.05, 0.1) is 42.0 Å². The van der Waals surface area contributed by atoms with Crippen molar-refractivity contribution in [3.63, 3.8) is 0 Å². The number of likely N-dealkylation sites (tertiary alicyclic amines) is 1. The third-order valence-electron chi connectivity index (χ3n) is 13.0. The van der Waals surface area contributed by atoms with Crippen molar-refractivity contribution < 1.29 is 28.2 Å². The van der Waals surface area contributed by atoms with E-state index >= 15 is 0 Å². The number of amides is 1. The fraction of sp³-hybridized carbons (Fsp3) is 0.587. The fourth-order valence-electron chi connectivity index (χ4n) is 9.70. The van der Waals surface area contributed by atoms with Gasteiger partial charge in [-0.25, -0.2) is 23.9 Å². The summed E-state index contributed by atoms with van der Waals surface area (Å²) < 4.78 is 23.4. The number of esters is 2. The molecule has 1 amide bonds. The number of carbonyl (C=O) groups excluding carboxylic acids is 3. The number of aromatic nitrogens is 2. The summed E-state index contributed by atoms with van der Waals surface area (Å²) >= 11 is 5.76. The van der Waals surface area contributed by atoms with E-state index in [1.165, 1.54) is 64.9 Å². The molecule has 12 nitrogen and oxygen atoms in total. The lowest BCUT2D eigenvalue weighted by atomic mass is 9.92. The number of methoxy groups -OCH3 is 2. The number of piperazine rings is 2. The molecule has 7 rings (SSSR count). The van der Waals surface area contributed by atoms with Crippen LogP contribution in [0.25, 0.3) is 0 Å². The van der Waals surface area contributed by atoms with Gasteiger partial charge in [0.2, 0.25) is 0 Å². The van der Waals surface area contributed by atoms with Gasteiger partial charge < -0.3 is 24.2 Å². The van der Waals surface area contributed by atoms with Gasteiger partial charge in [-0.05, 0) is 94.8 Å². The van der Waals surface area contributed by atoms with Gasteiger partial charge in [0, 0.05) is 82.1 Å². The molecule has 4 aliphatic rings. The van der Waals surface area contributed by atoms with Crippen molar-refractivity contribution in [3.05, 3.63) is 81.6 Å². The number of piperidine rings is 1. The lowest BCUT2D eigenvalue weighted by Gasteiger charge is -2.48. The van der Waals surface area contributed by atoms with Gasteiger partial charge in [0.15, 0.2) is 0 Å². The lowest BCUT2D eigenvalue weighted by Crippen LogP contribution is -2.58. The van der Waals surface area contributed by atoms with E-state index in [9.17, 15) is 18.8 Å². The van der Waals surface area contributed by atoms with E-state index < -0.39 is 11.8 Å². The molecule has 60 heavy (non-hydrogen) atoms. The molecule has 1 aromatic carbocycles. The molecule has 0 N–H and O–H groups in total. The first-order valence-electron chi connectivity index (χ1n) is 21.8. The molecule has 3 aromatic rings. The van der Waals surface area contributed by atoms with Crippen LogP contribution in [0.1, 0.15) is 114 Å². The standard InChI is InChI=1S/C26H32ClFN4O3.C20H31N3O2/c1-4-19-16-31(24-8-7-23(26(34)35-3)29-17(24)2)13-14-32(19)20-9-11-30(12-10-20)25(33)18-5-6-21(27)22(28)15-18;1-4-16-14-22(12-13-23(16)17-8-6-5-7-9-17)19-11-10-18(20(24)25-3)21-15(19)2/h5-8,15,19-20H,4,9-14,16H2,1-3H3;10-11,16-17H,4-9,12-14H2,1-3H3/t19-;16-/m00/s1. The second kappa shape index (κ2) is 21.0. The Hall–Kier alpha value is -4.33. The highest BCUT2D eigenvalue weighted by Gasteiger charge is 2.35. The SMILES string of the molecule is CC[C@H]1CN(c2ccc(C(=O)OC)nc2C)CCN1C1CCCCC1.CC[C@H]1CN(c2ccc(C(=O)OC)nc2C)CCN1C1CCN(C(=O)c2ccc(Cl)c(F)c2)CC1. The number of pyridine rings is 2. The van der Waals surface area contributed by atoms with Crippen LogP contribution in [0.2, 0.25) is 5.02 Å². The van der Waals surface area contributed by atoms with Crippen LogP contribution < -0.4 is 9.80 Å². The topological polar surface area (TPSA) is 112 Å². The number of halogens is 2. The van der Waals surface area contributed by atoms with Gasteiger partial charge in [-0.2, -0.15) is 0 Å². The van der Waals surface area contributed by atoms with Crippen LogP contribution in [-0.2, 0) is 9.47 Å². The van der Waals surface area contributed by atoms with Crippen molar-refractivity contribution in [1.82, 2.24) is 24.7 Å². The van der Waals surface area contributed by atoms with Crippen LogP contribution in [0.5, 0.6) is 0 Å². The van der Waals surface area contributed by atoms with Crippen molar-refractivity contribution in [2.45, 2.75) is 110 Å². The first-order chi connectivity index (χ1) is 29.0. The number of anilines is 2. The van der Waals surface area contributed by atoms with E-state index in [-0.39, 0.29) is 16.9 Å². The zero-order valence-corrected chi connectivity index (χ0v) is 37.1. The molecule has 2 aromatic heterocycles. The molecule has 2 atom stereocenters. The van der Waals surface area contributed by atoms with Crippen LogP contribution in [-0.4, -0.2) is 133 Å². The first-order valence-corrected chi connectivity index (χ1v) is 22.2. The third kappa shape index (κ3) is 10.6. The third-order valence-corrected chi connectivity index (χ3v) is 13.3. The van der Waals surface area contributed by atoms with E-state index in [1.807, 2.05) is 30.9 Å². The van der Waals surface area contributed by atoms with Crippen molar-refractivity contribution >= 4 is 40.8 Å². The van der Waals surface area contributed by atoms with Gasteiger partial charge in [0.1, 0.15) is 17.2 Å². The highest BCUT2D eigenvalue weighted by Crippen LogP contribution is 2.31. The summed E-state index contributed by atoms with van der Waals surface area (Å²) in [6, 6.07) is 13.9. The Balaban J connectivity index is 0.000000213. The molecule has 0 radical (unpaired) electrons. The largest absolute Gasteiger partial charge is 0.464 e. The van der Waals surface area contributed by atoms with E-state index in [0.717, 1.165) is 87.3 Å². The van der Waals surface area contributed by atoms with Gasteiger partial charge in [0.25, 0.3) is 5.91 Å². The Morgan fingerprint density at radius 1 is 0.683 bits per heavy atom. The molecule has 5 heterocycles. The Labute approximate surface area is 360 Å². The Bertz CT molecular complexity index is 1960.